The molecule has 0 bridgehead atoms. The second kappa shape index (κ2) is 4.54. The van der Waals surface area contributed by atoms with E-state index in [0.29, 0.717) is 6.61 Å². The van der Waals surface area contributed by atoms with Gasteiger partial charge in [-0.2, -0.15) is 0 Å². The molecule has 1 N–H and O–H groups in total. The maximum Gasteiger partial charge on any atom is 0.142 e. The van der Waals surface area contributed by atoms with Crippen molar-refractivity contribution >= 4 is 17.3 Å². The Balaban J connectivity index is 1.89. The van der Waals surface area contributed by atoms with Crippen molar-refractivity contribution in [3.8, 4) is 5.75 Å². The van der Waals surface area contributed by atoms with Crippen molar-refractivity contribution in [1.82, 2.24) is 0 Å². The minimum absolute atomic E-state index is 0.152. The molecular weight excluding hydrogens is 246 g/mol. The number of anilines is 1. The molecule has 1 aliphatic heterocycles. The Labute approximate surface area is 112 Å². The van der Waals surface area contributed by atoms with Crippen molar-refractivity contribution in [3.05, 3.63) is 58.6 Å². The van der Waals surface area contributed by atoms with E-state index in [0.717, 1.165) is 22.0 Å². The second-order valence-corrected chi connectivity index (χ2v) is 5.00. The average Bonchev–Trinajstić information content (AvgIpc) is 2.38. The first-order valence-electron chi connectivity index (χ1n) is 5.98. The lowest BCUT2D eigenvalue weighted by atomic mass is 10.1. The lowest BCUT2D eigenvalue weighted by Gasteiger charge is -2.28. The maximum absolute atomic E-state index is 6.02. The number of hydrogen-bond donors (Lipinski definition) is 1. The molecule has 3 heteroatoms. The monoisotopic (exact) mass is 259 g/mol. The van der Waals surface area contributed by atoms with Crippen LogP contribution in [0.25, 0.3) is 0 Å². The van der Waals surface area contributed by atoms with Crippen LogP contribution in [0.2, 0.25) is 5.02 Å². The molecule has 3 rings (SSSR count). The number of nitrogens with one attached hydrogen (secondary N) is 1. The zero-order valence-corrected chi connectivity index (χ0v) is 10.9. The number of ether oxygens (including phenoxy) is 1. The molecule has 1 atom stereocenters. The zero-order chi connectivity index (χ0) is 12.5. The molecule has 0 unspecified atom stereocenters. The quantitative estimate of drug-likeness (QED) is 0.829. The Hall–Kier alpha value is -1.67. The van der Waals surface area contributed by atoms with E-state index in [1.807, 2.05) is 18.2 Å². The minimum atomic E-state index is 0.152. The normalized spacial score (nSPS) is 17.6. The van der Waals surface area contributed by atoms with Gasteiger partial charge in [-0.05, 0) is 42.3 Å². The van der Waals surface area contributed by atoms with Crippen LogP contribution in [0.5, 0.6) is 5.75 Å². The highest BCUT2D eigenvalue weighted by molar-refractivity contribution is 6.30. The highest BCUT2D eigenvalue weighted by Gasteiger charge is 2.20. The Morgan fingerprint density at radius 3 is 2.94 bits per heavy atom. The number of hydrogen-bond acceptors (Lipinski definition) is 2. The highest BCUT2D eigenvalue weighted by atomic mass is 35.5. The standard InChI is InChI=1S/C15H14ClNO/c1-10-5-6-13-15(7-10)18-9-14(17-13)11-3-2-4-12(16)8-11/h2-8,14,17H,9H2,1H3/t14-/m0/s1. The Morgan fingerprint density at radius 1 is 1.22 bits per heavy atom. The molecule has 0 radical (unpaired) electrons. The summed E-state index contributed by atoms with van der Waals surface area (Å²) in [7, 11) is 0. The lowest BCUT2D eigenvalue weighted by molar-refractivity contribution is 0.286. The number of rotatable bonds is 1. The predicted octanol–water partition coefficient (Wildman–Crippen LogP) is 4.19. The van der Waals surface area contributed by atoms with Gasteiger partial charge < -0.3 is 10.1 Å². The van der Waals surface area contributed by atoms with Gasteiger partial charge in [0.15, 0.2) is 0 Å². The topological polar surface area (TPSA) is 21.3 Å². The summed E-state index contributed by atoms with van der Waals surface area (Å²) in [5.41, 5.74) is 3.39. The van der Waals surface area contributed by atoms with Gasteiger partial charge in [0.1, 0.15) is 12.4 Å². The Bertz CT molecular complexity index is 582. The van der Waals surface area contributed by atoms with Crippen LogP contribution in [0.4, 0.5) is 5.69 Å². The van der Waals surface area contributed by atoms with Gasteiger partial charge in [0.2, 0.25) is 0 Å². The Kier molecular flexibility index (Phi) is 2.88. The molecule has 2 aromatic carbocycles. The summed E-state index contributed by atoms with van der Waals surface area (Å²) in [6, 6.07) is 14.2. The van der Waals surface area contributed by atoms with E-state index in [1.165, 1.54) is 5.56 Å². The number of aryl methyl sites for hydroxylation is 1. The summed E-state index contributed by atoms with van der Waals surface area (Å²) in [5.74, 6) is 0.924. The van der Waals surface area contributed by atoms with E-state index in [-0.39, 0.29) is 6.04 Å². The first-order chi connectivity index (χ1) is 8.72. The molecule has 0 amide bonds. The van der Waals surface area contributed by atoms with Gasteiger partial charge in [0, 0.05) is 5.02 Å². The number of benzene rings is 2. The summed E-state index contributed by atoms with van der Waals surface area (Å²) in [4.78, 5) is 0. The van der Waals surface area contributed by atoms with Crippen LogP contribution >= 0.6 is 11.6 Å². The number of halogens is 1. The fourth-order valence-electron chi connectivity index (χ4n) is 2.17. The average molecular weight is 260 g/mol. The zero-order valence-electron chi connectivity index (χ0n) is 10.1. The minimum Gasteiger partial charge on any atom is -0.489 e. The molecule has 0 saturated heterocycles. The smallest absolute Gasteiger partial charge is 0.142 e. The summed E-state index contributed by atoms with van der Waals surface area (Å²) >= 11 is 6.02. The van der Waals surface area contributed by atoms with Crippen LogP contribution in [0, 0.1) is 6.92 Å². The van der Waals surface area contributed by atoms with Crippen molar-refractivity contribution in [2.75, 3.05) is 11.9 Å². The molecule has 92 valence electrons. The molecule has 2 aromatic rings. The molecule has 2 nitrogen and oxygen atoms in total. The third kappa shape index (κ3) is 2.16. The molecule has 0 aromatic heterocycles. The molecule has 18 heavy (non-hydrogen) atoms. The van der Waals surface area contributed by atoms with E-state index < -0.39 is 0 Å². The third-order valence-electron chi connectivity index (χ3n) is 3.12. The molecule has 0 fully saturated rings. The van der Waals surface area contributed by atoms with Gasteiger partial charge in [-0.1, -0.05) is 29.8 Å². The van der Waals surface area contributed by atoms with E-state index >= 15 is 0 Å². The highest BCUT2D eigenvalue weighted by Crippen LogP contribution is 2.34. The lowest BCUT2D eigenvalue weighted by Crippen LogP contribution is -2.23. The second-order valence-electron chi connectivity index (χ2n) is 4.56. The van der Waals surface area contributed by atoms with Gasteiger partial charge in [-0.25, -0.2) is 0 Å². The van der Waals surface area contributed by atoms with E-state index in [2.05, 4.69) is 36.5 Å². The fourth-order valence-corrected chi connectivity index (χ4v) is 2.37. The number of fused-ring (bicyclic) bond motifs is 1. The summed E-state index contributed by atoms with van der Waals surface area (Å²) < 4.78 is 5.81. The van der Waals surface area contributed by atoms with Gasteiger partial charge in [-0.15, -0.1) is 0 Å². The van der Waals surface area contributed by atoms with Crippen LogP contribution in [0.1, 0.15) is 17.2 Å². The van der Waals surface area contributed by atoms with Crippen LogP contribution < -0.4 is 10.1 Å². The molecule has 0 aliphatic carbocycles. The first kappa shape index (κ1) is 11.4. The SMILES string of the molecule is Cc1ccc2c(c1)OC[C@@H](c1cccc(Cl)c1)N2. The van der Waals surface area contributed by atoms with Gasteiger partial charge in [0.25, 0.3) is 0 Å². The van der Waals surface area contributed by atoms with Crippen LogP contribution in [0.3, 0.4) is 0 Å². The predicted molar refractivity (Wildman–Crippen MR) is 74.5 cm³/mol. The largest absolute Gasteiger partial charge is 0.489 e. The van der Waals surface area contributed by atoms with Gasteiger partial charge in [0.05, 0.1) is 11.7 Å². The van der Waals surface area contributed by atoms with Crippen molar-refractivity contribution in [3.63, 3.8) is 0 Å². The fraction of sp³-hybridized carbons (Fsp3) is 0.200. The van der Waals surface area contributed by atoms with Crippen molar-refractivity contribution < 1.29 is 4.74 Å². The maximum atomic E-state index is 6.02. The van der Waals surface area contributed by atoms with E-state index in [9.17, 15) is 0 Å². The molecule has 1 heterocycles. The van der Waals surface area contributed by atoms with Gasteiger partial charge in [-0.3, -0.25) is 0 Å². The Morgan fingerprint density at radius 2 is 2.11 bits per heavy atom. The van der Waals surface area contributed by atoms with Crippen molar-refractivity contribution in [2.24, 2.45) is 0 Å². The van der Waals surface area contributed by atoms with Crippen molar-refractivity contribution in [2.45, 2.75) is 13.0 Å². The van der Waals surface area contributed by atoms with E-state index in [1.54, 1.807) is 0 Å². The van der Waals surface area contributed by atoms with Crippen molar-refractivity contribution in [1.29, 1.82) is 0 Å². The molecule has 1 aliphatic rings. The van der Waals surface area contributed by atoms with Crippen LogP contribution in [-0.2, 0) is 0 Å². The summed E-state index contributed by atoms with van der Waals surface area (Å²) in [6.45, 7) is 2.68. The molecular formula is C15H14ClNO. The van der Waals surface area contributed by atoms with E-state index in [4.69, 9.17) is 16.3 Å². The van der Waals surface area contributed by atoms with Gasteiger partial charge >= 0.3 is 0 Å². The molecule has 0 spiro atoms. The summed E-state index contributed by atoms with van der Waals surface area (Å²) in [5, 5.41) is 4.24. The van der Waals surface area contributed by atoms with Crippen LogP contribution in [0.15, 0.2) is 42.5 Å². The third-order valence-corrected chi connectivity index (χ3v) is 3.36. The first-order valence-corrected chi connectivity index (χ1v) is 6.35. The molecule has 0 saturated carbocycles. The summed E-state index contributed by atoms with van der Waals surface area (Å²) in [6.07, 6.45) is 0. The van der Waals surface area contributed by atoms with Crippen LogP contribution in [-0.4, -0.2) is 6.61 Å².